The number of benzene rings is 2. The van der Waals surface area contributed by atoms with Gasteiger partial charge in [0.2, 0.25) is 5.82 Å². The Labute approximate surface area is 179 Å². The van der Waals surface area contributed by atoms with Gasteiger partial charge in [0.05, 0.1) is 17.1 Å². The lowest BCUT2D eigenvalue weighted by molar-refractivity contribution is -0.389. The summed E-state index contributed by atoms with van der Waals surface area (Å²) >= 11 is 9.38. The van der Waals surface area contributed by atoms with E-state index >= 15 is 0 Å². The van der Waals surface area contributed by atoms with E-state index in [0.29, 0.717) is 17.1 Å². The molecule has 0 spiro atoms. The molecule has 0 radical (unpaired) electrons. The first-order valence-corrected chi connectivity index (χ1v) is 9.49. The number of aromatic nitrogens is 2. The summed E-state index contributed by atoms with van der Waals surface area (Å²) in [5.41, 5.74) is 1.24. The van der Waals surface area contributed by atoms with Crippen LogP contribution in [0.15, 0.2) is 64.4 Å². The summed E-state index contributed by atoms with van der Waals surface area (Å²) in [6.45, 7) is 1.76. The lowest BCUT2D eigenvalue weighted by Gasteiger charge is -2.08. The second kappa shape index (κ2) is 8.97. The number of halogens is 2. The predicted octanol–water partition coefficient (Wildman–Crippen LogP) is 4.78. The van der Waals surface area contributed by atoms with Crippen molar-refractivity contribution < 1.29 is 14.6 Å². The van der Waals surface area contributed by atoms with Crippen LogP contribution in [0, 0.1) is 17.0 Å². The van der Waals surface area contributed by atoms with E-state index in [9.17, 15) is 14.9 Å². The molecule has 0 atom stereocenters. The first kappa shape index (κ1) is 20.7. The summed E-state index contributed by atoms with van der Waals surface area (Å²) in [5, 5.41) is 15.2. The predicted molar refractivity (Wildman–Crippen MR) is 111 cm³/mol. The van der Waals surface area contributed by atoms with Crippen LogP contribution in [0.2, 0.25) is 5.02 Å². The molecule has 2 aromatic carbocycles. The highest BCUT2D eigenvalue weighted by molar-refractivity contribution is 9.10. The summed E-state index contributed by atoms with van der Waals surface area (Å²) in [5.74, 6) is -0.553. The molecule has 3 rings (SSSR count). The number of hydrogen-bond acceptors (Lipinski definition) is 6. The molecule has 0 aliphatic heterocycles. The summed E-state index contributed by atoms with van der Waals surface area (Å²) in [6.07, 6.45) is 1.31. The Morgan fingerprint density at radius 3 is 2.59 bits per heavy atom. The number of hydrogen-bond donors (Lipinski definition) is 0. The molecule has 148 valence electrons. The van der Waals surface area contributed by atoms with Crippen molar-refractivity contribution in [3.05, 3.63) is 91.3 Å². The average molecular weight is 478 g/mol. The molecule has 10 heteroatoms. The van der Waals surface area contributed by atoms with Crippen LogP contribution >= 0.6 is 27.5 Å². The second-order valence-electron chi connectivity index (χ2n) is 5.93. The van der Waals surface area contributed by atoms with Crippen LogP contribution < -0.4 is 0 Å². The summed E-state index contributed by atoms with van der Waals surface area (Å²) in [7, 11) is 0. The average Bonchev–Trinajstić information content (AvgIpc) is 3.07. The Balaban J connectivity index is 1.92. The van der Waals surface area contributed by atoms with E-state index in [2.05, 4.69) is 26.1 Å². The van der Waals surface area contributed by atoms with E-state index in [4.69, 9.17) is 16.4 Å². The molecule has 1 aromatic heterocycles. The monoisotopic (exact) mass is 476 g/mol. The Hall–Kier alpha value is -3.04. The molecule has 0 bridgehead atoms. The molecule has 0 saturated carbocycles. The molecule has 0 unspecified atom stereocenters. The van der Waals surface area contributed by atoms with Gasteiger partial charge < -0.3 is 19.5 Å². The molecule has 1 heterocycles. The van der Waals surface area contributed by atoms with Crippen LogP contribution in [0.5, 0.6) is 0 Å². The molecule has 0 saturated heterocycles. The van der Waals surface area contributed by atoms with Crippen LogP contribution in [-0.4, -0.2) is 26.2 Å². The fraction of sp³-hybridized carbons (Fsp3) is 0.105. The number of rotatable bonds is 6. The Morgan fingerprint density at radius 1 is 1.28 bits per heavy atom. The molecule has 0 aliphatic carbocycles. The van der Waals surface area contributed by atoms with E-state index in [-0.39, 0.29) is 22.9 Å². The molecule has 3 aromatic rings. The molecular weight excluding hydrogens is 464 g/mol. The van der Waals surface area contributed by atoms with Crippen LogP contribution in [0.1, 0.15) is 21.7 Å². The fourth-order valence-corrected chi connectivity index (χ4v) is 2.97. The maximum atomic E-state index is 12.3. The first-order valence-electron chi connectivity index (χ1n) is 8.32. The summed E-state index contributed by atoms with van der Waals surface area (Å²) in [6, 6.07) is 13.7. The van der Waals surface area contributed by atoms with Crippen LogP contribution in [0.4, 0.5) is 5.82 Å². The SMILES string of the molecule is Cc1nc([N+](=O)[O-])cn1C/C(=N/OC(=O)c1ccccc1Cl)c1ccc(Br)cc1. The topological polar surface area (TPSA) is 99.6 Å². The van der Waals surface area contributed by atoms with Crippen molar-refractivity contribution in [2.24, 2.45) is 5.16 Å². The molecule has 0 aliphatic rings. The lowest BCUT2D eigenvalue weighted by atomic mass is 10.1. The third kappa shape index (κ3) is 5.07. The van der Waals surface area contributed by atoms with Gasteiger partial charge >= 0.3 is 11.8 Å². The van der Waals surface area contributed by atoms with Gasteiger partial charge in [0.15, 0.2) is 0 Å². The third-order valence-corrected chi connectivity index (χ3v) is 4.84. The zero-order valence-electron chi connectivity index (χ0n) is 15.1. The van der Waals surface area contributed by atoms with E-state index in [0.717, 1.165) is 4.47 Å². The van der Waals surface area contributed by atoms with Gasteiger partial charge in [-0.15, -0.1) is 0 Å². The number of nitro groups is 1. The van der Waals surface area contributed by atoms with E-state index in [1.807, 2.05) is 12.1 Å². The minimum atomic E-state index is -0.710. The van der Waals surface area contributed by atoms with Crippen molar-refractivity contribution in [3.63, 3.8) is 0 Å². The van der Waals surface area contributed by atoms with Crippen LogP contribution in [-0.2, 0) is 11.4 Å². The second-order valence-corrected chi connectivity index (χ2v) is 7.26. The van der Waals surface area contributed by atoms with Gasteiger partial charge in [0.1, 0.15) is 11.9 Å². The Bertz CT molecular complexity index is 1100. The highest BCUT2D eigenvalue weighted by Crippen LogP contribution is 2.18. The van der Waals surface area contributed by atoms with Crippen molar-refractivity contribution in [2.75, 3.05) is 0 Å². The molecule has 29 heavy (non-hydrogen) atoms. The van der Waals surface area contributed by atoms with Gasteiger partial charge in [-0.25, -0.2) is 4.79 Å². The van der Waals surface area contributed by atoms with Gasteiger partial charge in [-0.05, 0) is 34.2 Å². The Kier molecular flexibility index (Phi) is 6.40. The normalized spacial score (nSPS) is 11.3. The van der Waals surface area contributed by atoms with Crippen LogP contribution in [0.25, 0.3) is 0 Å². The quantitative estimate of drug-likeness (QED) is 0.220. The van der Waals surface area contributed by atoms with Crippen LogP contribution in [0.3, 0.4) is 0 Å². The lowest BCUT2D eigenvalue weighted by Crippen LogP contribution is -2.14. The standard InChI is InChI=1S/C19H14BrClN4O4/c1-12-22-18(25(27)28)11-24(12)10-17(13-6-8-14(20)9-7-13)23-29-19(26)15-4-2-3-5-16(15)21/h2-9,11H,10H2,1H3/b23-17-. The fourth-order valence-electron chi connectivity index (χ4n) is 2.49. The summed E-state index contributed by atoms with van der Waals surface area (Å²) < 4.78 is 2.42. The highest BCUT2D eigenvalue weighted by Gasteiger charge is 2.18. The van der Waals surface area contributed by atoms with Gasteiger partial charge in [-0.1, -0.05) is 57.0 Å². The molecule has 0 N–H and O–H groups in total. The first-order chi connectivity index (χ1) is 13.8. The van der Waals surface area contributed by atoms with Gasteiger partial charge in [0.25, 0.3) is 0 Å². The smallest absolute Gasteiger partial charge is 0.358 e. The molecule has 0 fully saturated rings. The number of carbonyl (C=O) groups excluding carboxylic acids is 1. The van der Waals surface area contributed by atoms with E-state index in [1.54, 1.807) is 41.8 Å². The number of imidazole rings is 1. The number of oxime groups is 1. The molecule has 8 nitrogen and oxygen atoms in total. The van der Waals surface area contributed by atoms with Crippen molar-refractivity contribution in [1.82, 2.24) is 9.55 Å². The number of aryl methyl sites for hydroxylation is 1. The molecule has 0 amide bonds. The van der Waals surface area contributed by atoms with Crippen molar-refractivity contribution >= 4 is 45.0 Å². The van der Waals surface area contributed by atoms with Gasteiger partial charge in [0, 0.05) is 17.0 Å². The van der Waals surface area contributed by atoms with E-state index in [1.165, 1.54) is 12.3 Å². The van der Waals surface area contributed by atoms with E-state index < -0.39 is 10.9 Å². The number of nitrogens with zero attached hydrogens (tertiary/aromatic N) is 4. The van der Waals surface area contributed by atoms with Gasteiger partial charge in [-0.3, -0.25) is 0 Å². The maximum Gasteiger partial charge on any atom is 0.381 e. The molecular formula is C19H14BrClN4O4. The van der Waals surface area contributed by atoms with Crippen molar-refractivity contribution in [1.29, 1.82) is 0 Å². The largest absolute Gasteiger partial charge is 0.381 e. The zero-order valence-corrected chi connectivity index (χ0v) is 17.4. The third-order valence-electron chi connectivity index (χ3n) is 3.98. The minimum absolute atomic E-state index is 0.115. The minimum Gasteiger partial charge on any atom is -0.358 e. The Morgan fingerprint density at radius 2 is 1.97 bits per heavy atom. The van der Waals surface area contributed by atoms with Crippen molar-refractivity contribution in [3.8, 4) is 0 Å². The van der Waals surface area contributed by atoms with Crippen molar-refractivity contribution in [2.45, 2.75) is 13.5 Å². The zero-order chi connectivity index (χ0) is 21.0. The number of carbonyl (C=O) groups is 1. The summed E-state index contributed by atoms with van der Waals surface area (Å²) in [4.78, 5) is 31.8. The van der Waals surface area contributed by atoms with Gasteiger partial charge in [-0.2, -0.15) is 0 Å². The highest BCUT2D eigenvalue weighted by atomic mass is 79.9. The maximum absolute atomic E-state index is 12.3.